The summed E-state index contributed by atoms with van der Waals surface area (Å²) in [7, 11) is -1.27. The molecule has 0 aliphatic carbocycles. The Bertz CT molecular complexity index is 1280. The maximum Gasteiger partial charge on any atom is 0.307 e. The second-order valence-corrected chi connectivity index (χ2v) is 10.9. The number of nitrogens with one attached hydrogen (secondary N) is 1. The highest BCUT2D eigenvalue weighted by Gasteiger charge is 2.27. The quantitative estimate of drug-likeness (QED) is 0.371. The van der Waals surface area contributed by atoms with Gasteiger partial charge in [0.1, 0.15) is 11.0 Å². The number of benzene rings is 3. The lowest BCUT2D eigenvalue weighted by Crippen LogP contribution is -2.11. The van der Waals surface area contributed by atoms with Gasteiger partial charge in [-0.2, -0.15) is 0 Å². The smallest absolute Gasteiger partial charge is 0.307 e. The Morgan fingerprint density at radius 1 is 0.972 bits per heavy atom. The number of hydrogen-bond donors (Lipinski definition) is 3. The highest BCUT2D eigenvalue weighted by Crippen LogP contribution is 2.45. The van der Waals surface area contributed by atoms with Crippen molar-refractivity contribution >= 4 is 22.6 Å². The summed E-state index contributed by atoms with van der Waals surface area (Å²) in [5.74, 6) is -0.464. The zero-order valence-corrected chi connectivity index (χ0v) is 22.6. The number of rotatable bonds is 3. The van der Waals surface area contributed by atoms with E-state index in [1.54, 1.807) is 20.8 Å². The average Bonchev–Trinajstić information content (AvgIpc) is 2.94. The fraction of sp³-hybridized carbons (Fsp3) is 0.300. The molecule has 0 saturated carbocycles. The van der Waals surface area contributed by atoms with Crippen molar-refractivity contribution in [2.24, 2.45) is 0 Å². The molecule has 0 radical (unpaired) electrons. The van der Waals surface area contributed by atoms with Crippen molar-refractivity contribution in [2.75, 3.05) is 4.72 Å². The van der Waals surface area contributed by atoms with E-state index in [9.17, 15) is 14.1 Å². The van der Waals surface area contributed by atoms with Crippen LogP contribution in [0.1, 0.15) is 48.6 Å². The summed E-state index contributed by atoms with van der Waals surface area (Å²) in [6.45, 7) is 11.2. The Morgan fingerprint density at radius 2 is 1.53 bits per heavy atom. The minimum absolute atomic E-state index is 0.0842. The van der Waals surface area contributed by atoms with Gasteiger partial charge >= 0.3 is 5.97 Å². The molecule has 190 valence electrons. The monoisotopic (exact) mass is 505 g/mol. The molecule has 0 spiro atoms. The van der Waals surface area contributed by atoms with Gasteiger partial charge in [0.05, 0.1) is 23.5 Å². The van der Waals surface area contributed by atoms with Crippen LogP contribution in [-0.4, -0.2) is 26.0 Å². The van der Waals surface area contributed by atoms with Crippen molar-refractivity contribution in [1.29, 1.82) is 0 Å². The van der Waals surface area contributed by atoms with Crippen molar-refractivity contribution in [2.45, 2.75) is 59.3 Å². The van der Waals surface area contributed by atoms with E-state index in [1.807, 2.05) is 63.2 Å². The van der Waals surface area contributed by atoms with Gasteiger partial charge in [0, 0.05) is 5.56 Å². The van der Waals surface area contributed by atoms with Crippen LogP contribution < -0.4 is 4.72 Å². The molecule has 5 nitrogen and oxygen atoms in total. The van der Waals surface area contributed by atoms with Gasteiger partial charge < -0.3 is 14.9 Å². The third-order valence-corrected chi connectivity index (χ3v) is 6.59. The number of hydrogen-bond acceptors (Lipinski definition) is 3. The predicted octanol–water partition coefficient (Wildman–Crippen LogP) is 6.19. The first-order valence-corrected chi connectivity index (χ1v) is 12.9. The Morgan fingerprint density at radius 3 is 2.08 bits per heavy atom. The van der Waals surface area contributed by atoms with Gasteiger partial charge in [0.25, 0.3) is 0 Å². The summed E-state index contributed by atoms with van der Waals surface area (Å²) in [4.78, 5) is 11.7. The van der Waals surface area contributed by atoms with Gasteiger partial charge in [-0.25, -0.2) is 4.21 Å². The van der Waals surface area contributed by atoms with Crippen molar-refractivity contribution in [3.63, 3.8) is 0 Å². The molecular weight excluding hydrogens is 470 g/mol. The number of anilines is 1. The topological polar surface area (TPSA) is 86.6 Å². The lowest BCUT2D eigenvalue weighted by atomic mass is 9.82. The van der Waals surface area contributed by atoms with Crippen LogP contribution in [0.4, 0.5) is 5.69 Å². The molecule has 1 heterocycles. The SMILES string of the molecule is C#C.CC(C)(C)O.Cc1ccc(-c2c(C)c3c(c(C)c2CC(=O)O)NS(=O)Cc2ccccc2-3)cc1. The van der Waals surface area contributed by atoms with E-state index in [0.717, 1.165) is 55.8 Å². The van der Waals surface area contributed by atoms with Crippen LogP contribution in [0.25, 0.3) is 22.3 Å². The number of aryl methyl sites for hydroxylation is 1. The second kappa shape index (κ2) is 12.0. The number of fused-ring (bicyclic) bond motifs is 3. The minimum atomic E-state index is -1.27. The molecule has 1 aliphatic heterocycles. The fourth-order valence-corrected chi connectivity index (χ4v) is 5.28. The highest BCUT2D eigenvalue weighted by atomic mass is 32.2. The summed E-state index contributed by atoms with van der Waals surface area (Å²) in [6, 6.07) is 16.2. The standard InChI is InChI=1S/C24H23NO3S.C4H10O.C2H2/c1-14-8-10-17(11-9-14)22-16(3)23-19-7-5-4-6-18(19)13-29(28)25-24(23)15(2)20(22)12-21(26)27;1-4(2,3)5;1-2/h4-11,25H,12-13H2,1-3H3,(H,26,27);5H,1-3H3;1-2H. The summed E-state index contributed by atoms with van der Waals surface area (Å²) in [5, 5.41) is 18.1. The van der Waals surface area contributed by atoms with Crippen molar-refractivity contribution in [3.05, 3.63) is 76.3 Å². The van der Waals surface area contributed by atoms with Crippen LogP contribution in [0.5, 0.6) is 0 Å². The normalized spacial score (nSPS) is 13.9. The molecule has 0 aromatic heterocycles. The lowest BCUT2D eigenvalue weighted by molar-refractivity contribution is -0.136. The van der Waals surface area contributed by atoms with Gasteiger partial charge in [0.2, 0.25) is 0 Å². The fourth-order valence-electron chi connectivity index (χ4n) is 4.19. The van der Waals surface area contributed by atoms with Crippen molar-refractivity contribution in [1.82, 2.24) is 0 Å². The first kappa shape index (κ1) is 28.8. The molecule has 1 unspecified atom stereocenters. The average molecular weight is 506 g/mol. The first-order valence-electron chi connectivity index (χ1n) is 11.6. The molecule has 36 heavy (non-hydrogen) atoms. The van der Waals surface area contributed by atoms with Crippen LogP contribution >= 0.6 is 0 Å². The number of aliphatic hydroxyl groups is 1. The van der Waals surface area contributed by atoms with E-state index in [2.05, 4.69) is 23.6 Å². The molecular formula is C30H35NO4S. The van der Waals surface area contributed by atoms with Gasteiger partial charge in [-0.15, -0.1) is 12.8 Å². The maximum absolute atomic E-state index is 12.7. The van der Waals surface area contributed by atoms with E-state index in [-0.39, 0.29) is 6.42 Å². The molecule has 0 amide bonds. The van der Waals surface area contributed by atoms with Gasteiger partial charge in [-0.1, -0.05) is 54.1 Å². The molecule has 3 N–H and O–H groups in total. The molecule has 0 fully saturated rings. The Labute approximate surface area is 217 Å². The number of aliphatic carboxylic acids is 1. The highest BCUT2D eigenvalue weighted by molar-refractivity contribution is 7.85. The minimum Gasteiger partial charge on any atom is -0.481 e. The van der Waals surface area contributed by atoms with E-state index in [0.29, 0.717) is 5.75 Å². The summed E-state index contributed by atoms with van der Waals surface area (Å²) < 4.78 is 15.8. The Hall–Kier alpha value is -3.40. The van der Waals surface area contributed by atoms with E-state index < -0.39 is 22.6 Å². The molecule has 4 rings (SSSR count). The summed E-state index contributed by atoms with van der Waals surface area (Å²) in [5.41, 5.74) is 9.08. The van der Waals surface area contributed by atoms with Gasteiger partial charge in [-0.3, -0.25) is 4.79 Å². The molecule has 3 aromatic carbocycles. The van der Waals surface area contributed by atoms with Crippen molar-refractivity contribution < 1.29 is 19.2 Å². The maximum atomic E-state index is 12.7. The van der Waals surface area contributed by atoms with E-state index in [4.69, 9.17) is 5.11 Å². The van der Waals surface area contributed by atoms with Crippen molar-refractivity contribution in [3.8, 4) is 35.1 Å². The third-order valence-electron chi connectivity index (χ3n) is 5.59. The third kappa shape index (κ3) is 7.07. The Kier molecular flexibility index (Phi) is 9.63. The number of carbonyl (C=O) groups is 1. The van der Waals surface area contributed by atoms with Crippen LogP contribution in [0.3, 0.4) is 0 Å². The second-order valence-electron chi connectivity index (χ2n) is 9.71. The molecule has 0 bridgehead atoms. The van der Waals surface area contributed by atoms with E-state index in [1.165, 1.54) is 0 Å². The molecule has 0 saturated heterocycles. The van der Waals surface area contributed by atoms with Crippen LogP contribution in [0.2, 0.25) is 0 Å². The zero-order chi connectivity index (χ0) is 27.2. The van der Waals surface area contributed by atoms with Gasteiger partial charge in [0.15, 0.2) is 0 Å². The molecule has 3 aromatic rings. The van der Waals surface area contributed by atoms with Crippen LogP contribution in [0, 0.1) is 33.6 Å². The number of carboxylic acid groups (broad SMARTS) is 1. The molecule has 1 aliphatic rings. The van der Waals surface area contributed by atoms with Gasteiger partial charge in [-0.05, 0) is 80.5 Å². The number of carboxylic acids is 1. The largest absolute Gasteiger partial charge is 0.481 e. The summed E-state index contributed by atoms with van der Waals surface area (Å²) >= 11 is 0. The Balaban J connectivity index is 0.000000583. The first-order chi connectivity index (χ1) is 16.9. The van der Waals surface area contributed by atoms with E-state index >= 15 is 0 Å². The zero-order valence-electron chi connectivity index (χ0n) is 21.8. The number of terminal acetylenes is 1. The predicted molar refractivity (Wildman–Crippen MR) is 150 cm³/mol. The van der Waals surface area contributed by atoms with Crippen LogP contribution in [0.15, 0.2) is 48.5 Å². The molecule has 6 heteroatoms. The van der Waals surface area contributed by atoms with Crippen LogP contribution in [-0.2, 0) is 28.0 Å². The molecule has 1 atom stereocenters. The summed E-state index contributed by atoms with van der Waals surface area (Å²) in [6.07, 6.45) is 7.92. The lowest BCUT2D eigenvalue weighted by Gasteiger charge is -2.23.